The Morgan fingerprint density at radius 3 is 2.30 bits per heavy atom. The molecule has 0 saturated heterocycles. The zero-order chi connectivity index (χ0) is 14.4. The normalized spacial score (nSPS) is 21.8. The predicted octanol–water partition coefficient (Wildman–Crippen LogP) is 4.44. The summed E-state index contributed by atoms with van der Waals surface area (Å²) in [4.78, 5) is 4.68. The highest BCUT2D eigenvalue weighted by atomic mass is 14.7. The Labute approximate surface area is 122 Å². The average Bonchev–Trinajstić information content (AvgIpc) is 2.75. The first-order chi connectivity index (χ1) is 9.38. The Bertz CT molecular complexity index is 622. The summed E-state index contributed by atoms with van der Waals surface area (Å²) >= 11 is 0. The molecule has 1 nitrogen and oxygen atoms in total. The van der Waals surface area contributed by atoms with E-state index >= 15 is 0 Å². The van der Waals surface area contributed by atoms with Gasteiger partial charge < -0.3 is 0 Å². The number of rotatable bonds is 1. The summed E-state index contributed by atoms with van der Waals surface area (Å²) in [7, 11) is 0. The smallest absolute Gasteiger partial charge is 0.0460 e. The Hall–Kier alpha value is -1.63. The van der Waals surface area contributed by atoms with Crippen LogP contribution in [-0.2, 0) is 23.7 Å². The number of hydrogen-bond acceptors (Lipinski definition) is 1. The molecular formula is C19H23N. The molecule has 1 heteroatoms. The molecule has 1 aliphatic carbocycles. The van der Waals surface area contributed by atoms with Crippen molar-refractivity contribution in [2.75, 3.05) is 0 Å². The third kappa shape index (κ3) is 2.26. The molecule has 1 atom stereocenters. The molecular weight excluding hydrogens is 242 g/mol. The highest BCUT2D eigenvalue weighted by molar-refractivity contribution is 5.41. The molecule has 20 heavy (non-hydrogen) atoms. The number of nitrogens with zero attached hydrogens (tertiary/aromatic N) is 1. The second-order valence-electron chi connectivity index (χ2n) is 7.37. The number of aromatic nitrogens is 1. The lowest BCUT2D eigenvalue weighted by Crippen LogP contribution is -2.21. The van der Waals surface area contributed by atoms with Crippen LogP contribution >= 0.6 is 0 Å². The SMILES string of the molecule is CC(C)(C)c1cc2c(cn1)CC(C)(c1ccccc1)C2. The van der Waals surface area contributed by atoms with Crippen molar-refractivity contribution >= 4 is 0 Å². The fourth-order valence-electron chi connectivity index (χ4n) is 3.21. The summed E-state index contributed by atoms with van der Waals surface area (Å²) in [5, 5.41) is 0. The van der Waals surface area contributed by atoms with Crippen LogP contribution < -0.4 is 0 Å². The largest absolute Gasteiger partial charge is 0.260 e. The zero-order valence-electron chi connectivity index (χ0n) is 12.9. The molecule has 1 aromatic carbocycles. The van der Waals surface area contributed by atoms with Crippen molar-refractivity contribution in [3.05, 3.63) is 65.0 Å². The third-order valence-corrected chi connectivity index (χ3v) is 4.48. The molecule has 0 radical (unpaired) electrons. The minimum atomic E-state index is 0.126. The lowest BCUT2D eigenvalue weighted by Gasteiger charge is -2.24. The molecule has 0 N–H and O–H groups in total. The molecule has 0 spiro atoms. The number of benzene rings is 1. The van der Waals surface area contributed by atoms with Gasteiger partial charge in [0.1, 0.15) is 0 Å². The molecule has 1 heterocycles. The summed E-state index contributed by atoms with van der Waals surface area (Å²) in [6.07, 6.45) is 4.33. The van der Waals surface area contributed by atoms with Gasteiger partial charge in [-0.15, -0.1) is 0 Å². The van der Waals surface area contributed by atoms with Crippen molar-refractivity contribution in [1.82, 2.24) is 4.98 Å². The average molecular weight is 265 g/mol. The van der Waals surface area contributed by atoms with Gasteiger partial charge in [-0.25, -0.2) is 0 Å². The van der Waals surface area contributed by atoms with E-state index in [9.17, 15) is 0 Å². The number of hydrogen-bond donors (Lipinski definition) is 0. The first-order valence-electron chi connectivity index (χ1n) is 7.42. The van der Waals surface area contributed by atoms with Crippen LogP contribution in [0.2, 0.25) is 0 Å². The van der Waals surface area contributed by atoms with Gasteiger partial charge >= 0.3 is 0 Å². The van der Waals surface area contributed by atoms with Crippen molar-refractivity contribution in [1.29, 1.82) is 0 Å². The molecule has 1 unspecified atom stereocenters. The van der Waals surface area contributed by atoms with Gasteiger partial charge in [0.2, 0.25) is 0 Å². The Morgan fingerprint density at radius 1 is 1.00 bits per heavy atom. The van der Waals surface area contributed by atoms with E-state index in [0.717, 1.165) is 12.8 Å². The summed E-state index contributed by atoms with van der Waals surface area (Å²) in [6, 6.07) is 13.2. The van der Waals surface area contributed by atoms with Gasteiger partial charge in [-0.05, 0) is 35.6 Å². The lowest BCUT2D eigenvalue weighted by atomic mass is 9.80. The maximum absolute atomic E-state index is 4.68. The second-order valence-corrected chi connectivity index (χ2v) is 7.37. The van der Waals surface area contributed by atoms with E-state index in [4.69, 9.17) is 0 Å². The van der Waals surface area contributed by atoms with Gasteiger partial charge in [0.15, 0.2) is 0 Å². The van der Waals surface area contributed by atoms with E-state index in [2.05, 4.69) is 75.3 Å². The molecule has 0 saturated carbocycles. The van der Waals surface area contributed by atoms with Crippen LogP contribution in [-0.4, -0.2) is 4.98 Å². The standard InChI is InChI=1S/C19H23N/c1-18(2,3)17-10-14-11-19(4,12-15(14)13-20-17)16-8-6-5-7-9-16/h5-10,13H,11-12H2,1-4H3. The van der Waals surface area contributed by atoms with Crippen LogP contribution in [0.4, 0.5) is 0 Å². The lowest BCUT2D eigenvalue weighted by molar-refractivity contribution is 0.503. The minimum Gasteiger partial charge on any atom is -0.260 e. The van der Waals surface area contributed by atoms with Gasteiger partial charge in [0.25, 0.3) is 0 Å². The number of pyridine rings is 1. The van der Waals surface area contributed by atoms with E-state index in [0.29, 0.717) is 0 Å². The molecule has 104 valence electrons. The van der Waals surface area contributed by atoms with Gasteiger partial charge in [-0.2, -0.15) is 0 Å². The molecule has 2 aromatic rings. The molecule has 0 bridgehead atoms. The van der Waals surface area contributed by atoms with Crippen molar-refractivity contribution in [2.24, 2.45) is 0 Å². The van der Waals surface area contributed by atoms with Gasteiger partial charge in [-0.1, -0.05) is 58.0 Å². The molecule has 3 rings (SSSR count). The van der Waals surface area contributed by atoms with Crippen LogP contribution in [0.1, 0.15) is 50.1 Å². The first kappa shape index (κ1) is 13.4. The second kappa shape index (κ2) is 4.44. The quantitative estimate of drug-likeness (QED) is 0.743. The van der Waals surface area contributed by atoms with Crippen LogP contribution in [0.5, 0.6) is 0 Å². The van der Waals surface area contributed by atoms with Crippen LogP contribution in [0.3, 0.4) is 0 Å². The van der Waals surface area contributed by atoms with Crippen molar-refractivity contribution in [3.8, 4) is 0 Å². The molecule has 1 aromatic heterocycles. The highest BCUT2D eigenvalue weighted by Gasteiger charge is 2.35. The Balaban J connectivity index is 1.97. The van der Waals surface area contributed by atoms with E-state index in [1.807, 2.05) is 0 Å². The van der Waals surface area contributed by atoms with E-state index < -0.39 is 0 Å². The Morgan fingerprint density at radius 2 is 1.65 bits per heavy atom. The zero-order valence-corrected chi connectivity index (χ0v) is 12.9. The van der Waals surface area contributed by atoms with Gasteiger partial charge in [0, 0.05) is 22.7 Å². The molecule has 0 aliphatic heterocycles. The van der Waals surface area contributed by atoms with E-state index in [1.165, 1.54) is 22.4 Å². The summed E-state index contributed by atoms with van der Waals surface area (Å²) in [5.74, 6) is 0. The highest BCUT2D eigenvalue weighted by Crippen LogP contribution is 2.40. The molecule has 1 aliphatic rings. The Kier molecular flexibility index (Phi) is 2.97. The molecule has 0 amide bonds. The van der Waals surface area contributed by atoms with Crippen molar-refractivity contribution in [2.45, 2.75) is 51.4 Å². The maximum Gasteiger partial charge on any atom is 0.0460 e. The fraction of sp³-hybridized carbons (Fsp3) is 0.421. The maximum atomic E-state index is 4.68. The third-order valence-electron chi connectivity index (χ3n) is 4.48. The topological polar surface area (TPSA) is 12.9 Å². The van der Waals surface area contributed by atoms with E-state index in [1.54, 1.807) is 0 Å². The van der Waals surface area contributed by atoms with Gasteiger partial charge in [-0.3, -0.25) is 4.98 Å². The predicted molar refractivity (Wildman–Crippen MR) is 84.1 cm³/mol. The summed E-state index contributed by atoms with van der Waals surface area (Å²) < 4.78 is 0. The first-order valence-corrected chi connectivity index (χ1v) is 7.42. The van der Waals surface area contributed by atoms with Crippen molar-refractivity contribution < 1.29 is 0 Å². The van der Waals surface area contributed by atoms with Crippen LogP contribution in [0.15, 0.2) is 42.6 Å². The number of fused-ring (bicyclic) bond motifs is 1. The van der Waals surface area contributed by atoms with Crippen molar-refractivity contribution in [3.63, 3.8) is 0 Å². The summed E-state index contributed by atoms with van der Waals surface area (Å²) in [5.41, 5.74) is 5.89. The monoisotopic (exact) mass is 265 g/mol. The fourth-order valence-corrected chi connectivity index (χ4v) is 3.21. The minimum absolute atomic E-state index is 0.126. The van der Waals surface area contributed by atoms with Gasteiger partial charge in [0.05, 0.1) is 0 Å². The summed E-state index contributed by atoms with van der Waals surface area (Å²) in [6.45, 7) is 9.06. The van der Waals surface area contributed by atoms with E-state index in [-0.39, 0.29) is 10.8 Å². The van der Waals surface area contributed by atoms with Crippen LogP contribution in [0.25, 0.3) is 0 Å². The van der Waals surface area contributed by atoms with Crippen LogP contribution in [0, 0.1) is 0 Å². The molecule has 0 fully saturated rings.